The molecule has 1 aliphatic rings. The maximum absolute atomic E-state index is 12.9. The molecular weight excluding hydrogens is 416 g/mol. The predicted octanol–water partition coefficient (Wildman–Crippen LogP) is 3.84. The van der Waals surface area contributed by atoms with Gasteiger partial charge in [0.05, 0.1) is 19.6 Å². The van der Waals surface area contributed by atoms with Gasteiger partial charge in [-0.3, -0.25) is 9.52 Å². The second-order valence-electron chi connectivity index (χ2n) is 7.74. The lowest BCUT2D eigenvalue weighted by molar-refractivity contribution is -0.129. The third-order valence-corrected chi connectivity index (χ3v) is 7.21. The molecule has 2 aromatic rings. The van der Waals surface area contributed by atoms with Gasteiger partial charge in [0.1, 0.15) is 16.4 Å². The van der Waals surface area contributed by atoms with Crippen LogP contribution in [-0.2, 0) is 20.2 Å². The molecule has 8 heteroatoms. The third kappa shape index (κ3) is 4.79. The minimum absolute atomic E-state index is 0.0100. The first-order valence-corrected chi connectivity index (χ1v) is 12.0. The zero-order valence-corrected chi connectivity index (χ0v) is 19.1. The molecule has 1 fully saturated rings. The van der Waals surface area contributed by atoms with E-state index in [4.69, 9.17) is 9.47 Å². The number of ether oxygens (including phenoxy) is 2. The van der Waals surface area contributed by atoms with Crippen LogP contribution in [0.15, 0.2) is 47.4 Å². The summed E-state index contributed by atoms with van der Waals surface area (Å²) in [6.07, 6.45) is 4.59. The Morgan fingerprint density at radius 3 is 2.32 bits per heavy atom. The number of rotatable bonds is 10. The Bertz CT molecular complexity index is 1010. The summed E-state index contributed by atoms with van der Waals surface area (Å²) in [7, 11) is -1.01. The Morgan fingerprint density at radius 2 is 1.77 bits per heavy atom. The van der Waals surface area contributed by atoms with Crippen LogP contribution >= 0.6 is 0 Å². The lowest BCUT2D eigenvalue weighted by Gasteiger charge is -2.40. The van der Waals surface area contributed by atoms with Crippen molar-refractivity contribution < 1.29 is 22.7 Å². The third-order valence-electron chi connectivity index (χ3n) is 5.81. The van der Waals surface area contributed by atoms with Crippen molar-refractivity contribution in [1.82, 2.24) is 5.32 Å². The normalized spacial score (nSPS) is 14.9. The Morgan fingerprint density at radius 1 is 1.06 bits per heavy atom. The summed E-state index contributed by atoms with van der Waals surface area (Å²) in [5.74, 6) is 0.696. The van der Waals surface area contributed by atoms with E-state index in [0.29, 0.717) is 18.0 Å². The number of amides is 1. The van der Waals surface area contributed by atoms with E-state index in [9.17, 15) is 13.2 Å². The van der Waals surface area contributed by atoms with Crippen molar-refractivity contribution in [3.8, 4) is 11.5 Å². The summed E-state index contributed by atoms with van der Waals surface area (Å²) in [6.45, 7) is 2.77. The Labute approximate surface area is 184 Å². The number of sulfonamides is 1. The van der Waals surface area contributed by atoms with Crippen molar-refractivity contribution in [2.24, 2.45) is 0 Å². The molecule has 0 radical (unpaired) electrons. The fourth-order valence-corrected chi connectivity index (χ4v) is 5.03. The number of hydrogen-bond acceptors (Lipinski definition) is 5. The van der Waals surface area contributed by atoms with Gasteiger partial charge in [0.2, 0.25) is 5.91 Å². The van der Waals surface area contributed by atoms with Crippen molar-refractivity contribution >= 4 is 21.6 Å². The van der Waals surface area contributed by atoms with Crippen LogP contribution in [0.4, 0.5) is 5.69 Å². The first-order valence-electron chi connectivity index (χ1n) is 10.5. The van der Waals surface area contributed by atoms with Gasteiger partial charge in [-0.05, 0) is 49.1 Å². The number of anilines is 1. The van der Waals surface area contributed by atoms with E-state index in [2.05, 4.69) is 17.0 Å². The molecule has 0 heterocycles. The molecule has 168 valence electrons. The molecule has 1 aliphatic carbocycles. The average Bonchev–Trinajstić information content (AvgIpc) is 2.73. The zero-order valence-electron chi connectivity index (χ0n) is 18.2. The highest BCUT2D eigenvalue weighted by Crippen LogP contribution is 2.44. The molecule has 2 N–H and O–H groups in total. The van der Waals surface area contributed by atoms with Gasteiger partial charge in [0.25, 0.3) is 10.0 Å². The van der Waals surface area contributed by atoms with E-state index >= 15 is 0 Å². The van der Waals surface area contributed by atoms with Crippen LogP contribution in [0.25, 0.3) is 0 Å². The van der Waals surface area contributed by atoms with Gasteiger partial charge in [0.15, 0.2) is 0 Å². The van der Waals surface area contributed by atoms with Crippen molar-refractivity contribution in [1.29, 1.82) is 0 Å². The SMILES string of the molecule is CCCCNC(=O)C1(c2ccc(NS(=O)(=O)c3cc(OC)ccc3OC)cc2)CCC1. The minimum Gasteiger partial charge on any atom is -0.497 e. The van der Waals surface area contributed by atoms with E-state index in [-0.39, 0.29) is 16.6 Å². The number of nitrogens with one attached hydrogen (secondary N) is 2. The lowest BCUT2D eigenvalue weighted by atomic mass is 9.64. The summed E-state index contributed by atoms with van der Waals surface area (Å²) in [4.78, 5) is 12.8. The largest absolute Gasteiger partial charge is 0.497 e. The molecule has 2 aromatic carbocycles. The van der Waals surface area contributed by atoms with Crippen molar-refractivity contribution in [3.05, 3.63) is 48.0 Å². The van der Waals surface area contributed by atoms with Gasteiger partial charge in [-0.25, -0.2) is 8.42 Å². The first kappa shape index (κ1) is 22.9. The van der Waals surface area contributed by atoms with E-state index in [1.807, 2.05) is 12.1 Å². The van der Waals surface area contributed by atoms with Crippen molar-refractivity contribution in [3.63, 3.8) is 0 Å². The Balaban J connectivity index is 1.80. The minimum atomic E-state index is -3.89. The van der Waals surface area contributed by atoms with Crippen LogP contribution in [-0.4, -0.2) is 35.1 Å². The van der Waals surface area contributed by atoms with E-state index in [0.717, 1.165) is 37.7 Å². The molecule has 0 unspecified atom stereocenters. The molecule has 0 bridgehead atoms. The van der Waals surface area contributed by atoms with Crippen LogP contribution in [0.1, 0.15) is 44.6 Å². The van der Waals surface area contributed by atoms with Crippen LogP contribution in [0.2, 0.25) is 0 Å². The smallest absolute Gasteiger partial charge is 0.265 e. The zero-order chi connectivity index (χ0) is 22.5. The van der Waals surface area contributed by atoms with Crippen LogP contribution in [0, 0.1) is 0 Å². The summed E-state index contributed by atoms with van der Waals surface area (Å²) in [6, 6.07) is 11.7. The summed E-state index contributed by atoms with van der Waals surface area (Å²) in [5.41, 5.74) is 0.811. The van der Waals surface area contributed by atoms with Gasteiger partial charge in [0, 0.05) is 18.3 Å². The van der Waals surface area contributed by atoms with Gasteiger partial charge in [-0.2, -0.15) is 0 Å². The highest BCUT2D eigenvalue weighted by Gasteiger charge is 2.45. The number of unbranched alkanes of at least 4 members (excludes halogenated alkanes) is 1. The van der Waals surface area contributed by atoms with Gasteiger partial charge in [-0.1, -0.05) is 31.9 Å². The fraction of sp³-hybridized carbons (Fsp3) is 0.435. The highest BCUT2D eigenvalue weighted by atomic mass is 32.2. The standard InChI is InChI=1S/C23H30N2O5S/c1-4-5-15-24-22(26)23(13-6-14-23)17-7-9-18(10-8-17)25-31(27,28)21-16-19(29-2)11-12-20(21)30-3/h7-12,16,25H,4-6,13-15H2,1-3H3,(H,24,26). The van der Waals surface area contributed by atoms with Gasteiger partial charge in [-0.15, -0.1) is 0 Å². The Hall–Kier alpha value is -2.74. The van der Waals surface area contributed by atoms with Gasteiger partial charge < -0.3 is 14.8 Å². The maximum Gasteiger partial charge on any atom is 0.265 e. The maximum atomic E-state index is 12.9. The molecule has 1 saturated carbocycles. The Kier molecular flexibility index (Phi) is 7.10. The molecule has 0 spiro atoms. The van der Waals surface area contributed by atoms with E-state index in [1.165, 1.54) is 20.3 Å². The molecular formula is C23H30N2O5S. The average molecular weight is 447 g/mol. The fourth-order valence-electron chi connectivity index (χ4n) is 3.79. The summed E-state index contributed by atoms with van der Waals surface area (Å²) in [5, 5.41) is 3.05. The molecule has 0 atom stereocenters. The van der Waals surface area contributed by atoms with Gasteiger partial charge >= 0.3 is 0 Å². The number of benzene rings is 2. The van der Waals surface area contributed by atoms with Crippen molar-refractivity contribution in [2.45, 2.75) is 49.3 Å². The van der Waals surface area contributed by atoms with Crippen LogP contribution < -0.4 is 19.5 Å². The second-order valence-corrected chi connectivity index (χ2v) is 9.40. The lowest BCUT2D eigenvalue weighted by Crippen LogP contribution is -2.49. The molecule has 0 aliphatic heterocycles. The molecule has 1 amide bonds. The van der Waals surface area contributed by atoms with Crippen LogP contribution in [0.5, 0.6) is 11.5 Å². The quantitative estimate of drug-likeness (QED) is 0.541. The first-order chi connectivity index (χ1) is 14.9. The monoisotopic (exact) mass is 446 g/mol. The van der Waals surface area contributed by atoms with E-state index in [1.54, 1.807) is 24.3 Å². The topological polar surface area (TPSA) is 93.7 Å². The molecule has 3 rings (SSSR count). The molecule has 7 nitrogen and oxygen atoms in total. The second kappa shape index (κ2) is 9.60. The predicted molar refractivity (Wildman–Crippen MR) is 120 cm³/mol. The number of hydrogen-bond donors (Lipinski definition) is 2. The summed E-state index contributed by atoms with van der Waals surface area (Å²) >= 11 is 0. The number of carbonyl (C=O) groups excluding carboxylic acids is 1. The highest BCUT2D eigenvalue weighted by molar-refractivity contribution is 7.92. The van der Waals surface area contributed by atoms with E-state index < -0.39 is 15.4 Å². The van der Waals surface area contributed by atoms with Crippen LogP contribution in [0.3, 0.4) is 0 Å². The molecule has 0 aromatic heterocycles. The summed E-state index contributed by atoms with van der Waals surface area (Å²) < 4.78 is 38.8. The number of methoxy groups -OCH3 is 2. The molecule has 31 heavy (non-hydrogen) atoms. The van der Waals surface area contributed by atoms with Crippen molar-refractivity contribution in [2.75, 3.05) is 25.5 Å². The number of carbonyl (C=O) groups is 1. The molecule has 0 saturated heterocycles.